The van der Waals surface area contributed by atoms with Gasteiger partial charge in [0, 0.05) is 34.2 Å². The molecule has 6 heteroatoms. The van der Waals surface area contributed by atoms with Crippen LogP contribution in [0.3, 0.4) is 0 Å². The van der Waals surface area contributed by atoms with Gasteiger partial charge in [-0.15, -0.1) is 0 Å². The van der Waals surface area contributed by atoms with Crippen molar-refractivity contribution in [3.63, 3.8) is 0 Å². The fraction of sp³-hybridized carbons (Fsp3) is 0.526. The van der Waals surface area contributed by atoms with E-state index in [1.54, 1.807) is 21.3 Å². The van der Waals surface area contributed by atoms with Crippen molar-refractivity contribution < 1.29 is 28.4 Å². The van der Waals surface area contributed by atoms with E-state index in [-0.39, 0.29) is 36.6 Å². The van der Waals surface area contributed by atoms with Gasteiger partial charge in [0.15, 0.2) is 20.4 Å². The number of methoxy groups -OCH3 is 3. The zero-order chi connectivity index (χ0) is 32.7. The minimum absolute atomic E-state index is 0.0149. The first-order chi connectivity index (χ1) is 20.6. The van der Waals surface area contributed by atoms with Crippen LogP contribution in [0.4, 0.5) is 0 Å². The Bertz CT molecular complexity index is 1280. The molecule has 0 heterocycles. The molecule has 0 N–H and O–H groups in total. The van der Waals surface area contributed by atoms with Crippen LogP contribution in [0.15, 0.2) is 48.5 Å². The molecule has 0 aliphatic heterocycles. The third kappa shape index (κ3) is 9.47. The Labute approximate surface area is 266 Å². The lowest BCUT2D eigenvalue weighted by Gasteiger charge is -2.26. The van der Waals surface area contributed by atoms with Gasteiger partial charge in [-0.1, -0.05) is 98.7 Å². The van der Waals surface area contributed by atoms with Crippen LogP contribution in [0, 0.1) is 0 Å². The zero-order valence-electron chi connectivity index (χ0n) is 29.1. The van der Waals surface area contributed by atoms with Crippen LogP contribution >= 0.6 is 0 Å². The summed E-state index contributed by atoms with van der Waals surface area (Å²) in [4.78, 5) is 0. The van der Waals surface area contributed by atoms with Gasteiger partial charge in [-0.3, -0.25) is 0 Å². The maximum atomic E-state index is 6.41. The molecule has 0 aromatic heterocycles. The highest BCUT2D eigenvalue weighted by Crippen LogP contribution is 2.39. The van der Waals surface area contributed by atoms with Gasteiger partial charge in [0.25, 0.3) is 0 Å². The lowest BCUT2D eigenvalue weighted by molar-refractivity contribution is 0.0491. The third-order valence-electron chi connectivity index (χ3n) is 7.71. The number of hydrogen-bond donors (Lipinski definition) is 0. The highest BCUT2D eigenvalue weighted by Gasteiger charge is 2.24. The number of hydrogen-bond acceptors (Lipinski definition) is 6. The third-order valence-corrected chi connectivity index (χ3v) is 7.71. The quantitative estimate of drug-likeness (QED) is 0.181. The van der Waals surface area contributed by atoms with Gasteiger partial charge in [0.2, 0.25) is 0 Å². The molecule has 0 aliphatic rings. The second-order valence-corrected chi connectivity index (χ2v) is 14.5. The molecule has 242 valence electrons. The first-order valence-corrected chi connectivity index (χ1v) is 15.4. The van der Waals surface area contributed by atoms with Gasteiger partial charge in [-0.25, -0.2) is 0 Å². The van der Waals surface area contributed by atoms with Crippen molar-refractivity contribution in [3.8, 4) is 17.2 Å². The van der Waals surface area contributed by atoms with Crippen LogP contribution in [0.5, 0.6) is 17.2 Å². The van der Waals surface area contributed by atoms with Crippen molar-refractivity contribution in [2.45, 2.75) is 91.4 Å². The van der Waals surface area contributed by atoms with Gasteiger partial charge in [-0.2, -0.15) is 0 Å². The molecule has 0 aliphatic carbocycles. The number of benzene rings is 3. The van der Waals surface area contributed by atoms with Gasteiger partial charge >= 0.3 is 0 Å². The summed E-state index contributed by atoms with van der Waals surface area (Å²) in [6.07, 6.45) is 1.24. The average Bonchev–Trinajstić information content (AvgIpc) is 2.93. The fourth-order valence-corrected chi connectivity index (χ4v) is 5.06. The molecule has 0 spiro atoms. The van der Waals surface area contributed by atoms with Crippen LogP contribution in [-0.4, -0.2) is 41.7 Å². The molecule has 3 rings (SSSR count). The highest BCUT2D eigenvalue weighted by atomic mass is 16.7. The van der Waals surface area contributed by atoms with Gasteiger partial charge in [-0.05, 0) is 67.3 Å². The van der Waals surface area contributed by atoms with Crippen molar-refractivity contribution in [1.29, 1.82) is 0 Å². The Morgan fingerprint density at radius 3 is 1.11 bits per heavy atom. The Hall–Kier alpha value is -3.06. The molecule has 0 saturated heterocycles. The summed E-state index contributed by atoms with van der Waals surface area (Å²) in [5.41, 5.74) is 7.89. The minimum atomic E-state index is -0.0887. The zero-order valence-corrected chi connectivity index (χ0v) is 29.1. The van der Waals surface area contributed by atoms with Gasteiger partial charge < -0.3 is 28.4 Å². The molecule has 0 saturated carbocycles. The van der Waals surface area contributed by atoms with E-state index >= 15 is 0 Å². The second-order valence-electron chi connectivity index (χ2n) is 14.5. The number of ether oxygens (including phenoxy) is 6. The van der Waals surface area contributed by atoms with Gasteiger partial charge in [0.05, 0.1) is 0 Å². The van der Waals surface area contributed by atoms with E-state index in [1.807, 2.05) is 0 Å². The molecular weight excluding hydrogens is 552 g/mol. The van der Waals surface area contributed by atoms with Crippen molar-refractivity contribution in [2.75, 3.05) is 41.7 Å². The van der Waals surface area contributed by atoms with E-state index in [0.29, 0.717) is 12.8 Å². The van der Waals surface area contributed by atoms with E-state index in [9.17, 15) is 0 Å². The topological polar surface area (TPSA) is 55.4 Å². The summed E-state index contributed by atoms with van der Waals surface area (Å²) in [6.45, 7) is 20.6. The molecule has 3 aromatic rings. The summed E-state index contributed by atoms with van der Waals surface area (Å²) in [6, 6.07) is 17.4. The molecule has 0 amide bonds. The monoisotopic (exact) mass is 606 g/mol. The highest BCUT2D eigenvalue weighted by molar-refractivity contribution is 5.54. The first-order valence-electron chi connectivity index (χ1n) is 15.4. The molecule has 3 aromatic carbocycles. The smallest absolute Gasteiger partial charge is 0.188 e. The maximum Gasteiger partial charge on any atom is 0.188 e. The summed E-state index contributed by atoms with van der Waals surface area (Å²) in [7, 11) is 4.92. The van der Waals surface area contributed by atoms with Crippen LogP contribution in [0.2, 0.25) is 0 Å². The van der Waals surface area contributed by atoms with Crippen molar-refractivity contribution in [1.82, 2.24) is 0 Å². The average molecular weight is 607 g/mol. The van der Waals surface area contributed by atoms with Crippen LogP contribution in [0.1, 0.15) is 101 Å². The Balaban J connectivity index is 2.26. The lowest BCUT2D eigenvalue weighted by Crippen LogP contribution is -2.16. The Kier molecular flexibility index (Phi) is 11.9. The molecule has 0 atom stereocenters. The van der Waals surface area contributed by atoms with Crippen molar-refractivity contribution in [2.24, 2.45) is 0 Å². The van der Waals surface area contributed by atoms with E-state index in [0.717, 1.165) is 39.5 Å². The Morgan fingerprint density at radius 1 is 0.432 bits per heavy atom. The summed E-state index contributed by atoms with van der Waals surface area (Å²) in [5.74, 6) is 2.42. The van der Waals surface area contributed by atoms with E-state index < -0.39 is 0 Å². The Morgan fingerprint density at radius 2 is 0.773 bits per heavy atom. The minimum Gasteiger partial charge on any atom is -0.467 e. The van der Waals surface area contributed by atoms with E-state index in [4.69, 9.17) is 28.4 Å². The summed E-state index contributed by atoms with van der Waals surface area (Å²) < 4.78 is 34.5. The largest absolute Gasteiger partial charge is 0.467 e. The van der Waals surface area contributed by atoms with E-state index in [2.05, 4.69) is 111 Å². The summed E-state index contributed by atoms with van der Waals surface area (Å²) in [5, 5.41) is 0. The maximum absolute atomic E-state index is 6.41. The number of rotatable bonds is 13. The van der Waals surface area contributed by atoms with Crippen LogP contribution < -0.4 is 14.2 Å². The summed E-state index contributed by atoms with van der Waals surface area (Å²) >= 11 is 0. The van der Waals surface area contributed by atoms with E-state index in [1.165, 1.54) is 16.7 Å². The fourth-order valence-electron chi connectivity index (χ4n) is 5.06. The van der Waals surface area contributed by atoms with Crippen LogP contribution in [0.25, 0.3) is 0 Å². The predicted octanol–water partition coefficient (Wildman–Crippen LogP) is 8.71. The van der Waals surface area contributed by atoms with Gasteiger partial charge in [0.1, 0.15) is 17.2 Å². The molecule has 0 bridgehead atoms. The molecule has 0 fully saturated rings. The molecule has 0 unspecified atom stereocenters. The molecule has 0 radical (unpaired) electrons. The van der Waals surface area contributed by atoms with Crippen LogP contribution in [-0.2, 0) is 43.3 Å². The lowest BCUT2D eigenvalue weighted by atomic mass is 9.81. The van der Waals surface area contributed by atoms with Crippen molar-refractivity contribution in [3.05, 3.63) is 87.5 Å². The molecule has 6 nitrogen and oxygen atoms in total. The molecule has 44 heavy (non-hydrogen) atoms. The molecular formula is C38H54O6. The van der Waals surface area contributed by atoms with Crippen molar-refractivity contribution >= 4 is 0 Å². The SMILES string of the molecule is COCOc1ccc(C(C)(C)C)cc1Cc1cc(C(C)(C)C)cc(Cc2cc(C(C)(C)C)ccc2OCOC)c1OCOC. The second kappa shape index (κ2) is 14.8. The first kappa shape index (κ1) is 35.4. The normalized spacial score (nSPS) is 12.4. The standard InChI is InChI=1S/C38H54O6/c1-36(2,3)30-13-15-33(42-23-39-10)26(19-30)17-28-21-32(38(7,8)9)22-29(35(28)44-25-41-12)18-27-20-31(37(4,5)6)14-16-34(27)43-24-40-11/h13-16,19-22H,17-18,23-25H2,1-12H3. The predicted molar refractivity (Wildman–Crippen MR) is 179 cm³/mol.